The molecule has 0 aliphatic heterocycles. The van der Waals surface area contributed by atoms with Crippen LogP contribution < -0.4 is 5.32 Å². The van der Waals surface area contributed by atoms with Crippen molar-refractivity contribution in [2.24, 2.45) is 0 Å². The van der Waals surface area contributed by atoms with E-state index in [1.165, 1.54) is 24.2 Å². The van der Waals surface area contributed by atoms with E-state index >= 15 is 0 Å². The summed E-state index contributed by atoms with van der Waals surface area (Å²) in [7, 11) is 0. The normalized spacial score (nSPS) is 17.7. The summed E-state index contributed by atoms with van der Waals surface area (Å²) >= 11 is 1.35. The lowest BCUT2D eigenvalue weighted by atomic mass is 10.2. The van der Waals surface area contributed by atoms with Crippen molar-refractivity contribution in [1.82, 2.24) is 5.32 Å². The number of nitrogens with one attached hydrogen (secondary N) is 1. The number of hydrogen-bond acceptors (Lipinski definition) is 3. The van der Waals surface area contributed by atoms with E-state index in [1.807, 2.05) is 6.92 Å². The quantitative estimate of drug-likeness (QED) is 0.827. The van der Waals surface area contributed by atoms with Gasteiger partial charge in [-0.3, -0.25) is 0 Å². The highest BCUT2D eigenvalue weighted by molar-refractivity contribution is 7.14. The Bertz CT molecular complexity index is 393. The summed E-state index contributed by atoms with van der Waals surface area (Å²) in [5, 5.41) is 12.3. The number of aromatic carboxylic acids is 1. The fourth-order valence-corrected chi connectivity index (χ4v) is 2.35. The average molecular weight is 225 g/mol. The number of carboxylic acids is 1. The summed E-state index contributed by atoms with van der Waals surface area (Å²) in [5.74, 6) is -0.827. The van der Waals surface area contributed by atoms with Crippen LogP contribution in [0, 0.1) is 6.92 Å². The van der Waals surface area contributed by atoms with Crippen LogP contribution in [-0.4, -0.2) is 16.6 Å². The fourth-order valence-electron chi connectivity index (χ4n) is 1.47. The van der Waals surface area contributed by atoms with Crippen LogP contribution in [0.2, 0.25) is 0 Å². The van der Waals surface area contributed by atoms with Gasteiger partial charge in [0.05, 0.1) is 0 Å². The molecular formula is C11H15NO2S. The molecule has 82 valence electrons. The largest absolute Gasteiger partial charge is 0.477 e. The van der Waals surface area contributed by atoms with Crippen LogP contribution in [0.4, 0.5) is 0 Å². The van der Waals surface area contributed by atoms with Gasteiger partial charge in [0, 0.05) is 17.0 Å². The molecule has 1 aromatic rings. The zero-order chi connectivity index (χ0) is 11.1. The van der Waals surface area contributed by atoms with E-state index < -0.39 is 5.97 Å². The van der Waals surface area contributed by atoms with Crippen LogP contribution in [0.3, 0.4) is 0 Å². The molecule has 2 N–H and O–H groups in total. The monoisotopic (exact) mass is 225 g/mol. The Morgan fingerprint density at radius 3 is 2.80 bits per heavy atom. The highest BCUT2D eigenvalue weighted by Crippen LogP contribution is 2.35. The first-order valence-corrected chi connectivity index (χ1v) is 5.89. The maximum Gasteiger partial charge on any atom is 0.345 e. The third-order valence-corrected chi connectivity index (χ3v) is 4.02. The Morgan fingerprint density at radius 1 is 1.67 bits per heavy atom. The maximum absolute atomic E-state index is 10.8. The molecule has 0 atom stereocenters. The third kappa shape index (κ3) is 2.38. The van der Waals surface area contributed by atoms with Crippen LogP contribution in [0.5, 0.6) is 0 Å². The minimum absolute atomic E-state index is 0.303. The molecule has 0 bridgehead atoms. The van der Waals surface area contributed by atoms with Gasteiger partial charge in [-0.05, 0) is 38.3 Å². The number of rotatable bonds is 4. The number of aryl methyl sites for hydroxylation is 1. The number of carboxylic acid groups (broad SMARTS) is 1. The van der Waals surface area contributed by atoms with Gasteiger partial charge in [-0.2, -0.15) is 0 Å². The van der Waals surface area contributed by atoms with Crippen molar-refractivity contribution >= 4 is 17.3 Å². The summed E-state index contributed by atoms with van der Waals surface area (Å²) in [6.07, 6.45) is 2.45. The molecule has 2 rings (SSSR count). The van der Waals surface area contributed by atoms with Gasteiger partial charge in [-0.1, -0.05) is 0 Å². The van der Waals surface area contributed by atoms with E-state index in [9.17, 15) is 4.79 Å². The van der Waals surface area contributed by atoms with Crippen molar-refractivity contribution in [1.29, 1.82) is 0 Å². The summed E-state index contributed by atoms with van der Waals surface area (Å²) in [5.41, 5.74) is 1.42. The van der Waals surface area contributed by atoms with Crippen LogP contribution >= 0.6 is 11.3 Å². The standard InChI is InChI=1S/C11H15NO2S/c1-7-8(5-9(15-7)10(13)14)6-12-11(2)3-4-11/h5,12H,3-4,6H2,1-2H3,(H,13,14). The maximum atomic E-state index is 10.8. The SMILES string of the molecule is Cc1sc(C(=O)O)cc1CNC1(C)CC1. The van der Waals surface area contributed by atoms with Crippen LogP contribution in [0.1, 0.15) is 39.9 Å². The highest BCUT2D eigenvalue weighted by Gasteiger charge is 2.36. The van der Waals surface area contributed by atoms with Crippen molar-refractivity contribution < 1.29 is 9.90 Å². The van der Waals surface area contributed by atoms with Crippen molar-refractivity contribution in [3.8, 4) is 0 Å². The third-order valence-electron chi connectivity index (χ3n) is 2.94. The van der Waals surface area contributed by atoms with Gasteiger partial charge in [0.2, 0.25) is 0 Å². The zero-order valence-corrected chi connectivity index (χ0v) is 9.78. The number of carbonyl (C=O) groups is 1. The second-order valence-electron chi connectivity index (χ2n) is 4.41. The van der Waals surface area contributed by atoms with Gasteiger partial charge in [0.15, 0.2) is 0 Å². The predicted molar refractivity (Wildman–Crippen MR) is 60.5 cm³/mol. The van der Waals surface area contributed by atoms with Crippen LogP contribution in [0.25, 0.3) is 0 Å². The Labute approximate surface area is 93.1 Å². The van der Waals surface area contributed by atoms with Gasteiger partial charge in [0.25, 0.3) is 0 Å². The smallest absolute Gasteiger partial charge is 0.345 e. The van der Waals surface area contributed by atoms with Crippen molar-refractivity contribution in [3.05, 3.63) is 21.4 Å². The molecule has 1 saturated carbocycles. The molecule has 1 aliphatic rings. The molecule has 4 heteroatoms. The molecule has 3 nitrogen and oxygen atoms in total. The van der Waals surface area contributed by atoms with E-state index in [0.717, 1.165) is 17.0 Å². The minimum Gasteiger partial charge on any atom is -0.477 e. The van der Waals surface area contributed by atoms with E-state index in [2.05, 4.69) is 12.2 Å². The Morgan fingerprint density at radius 2 is 2.33 bits per heavy atom. The average Bonchev–Trinajstić information content (AvgIpc) is 2.76. The van der Waals surface area contributed by atoms with Crippen molar-refractivity contribution in [2.75, 3.05) is 0 Å². The molecule has 0 unspecified atom stereocenters. The molecule has 15 heavy (non-hydrogen) atoms. The van der Waals surface area contributed by atoms with Gasteiger partial charge in [-0.25, -0.2) is 4.79 Å². The van der Waals surface area contributed by atoms with Crippen LogP contribution in [-0.2, 0) is 6.54 Å². The molecule has 0 radical (unpaired) electrons. The molecule has 0 aromatic carbocycles. The second kappa shape index (κ2) is 3.61. The van der Waals surface area contributed by atoms with E-state index in [-0.39, 0.29) is 0 Å². The van der Waals surface area contributed by atoms with Crippen LogP contribution in [0.15, 0.2) is 6.07 Å². The lowest BCUT2D eigenvalue weighted by molar-refractivity contribution is 0.0702. The van der Waals surface area contributed by atoms with Gasteiger partial charge in [0.1, 0.15) is 4.88 Å². The Hall–Kier alpha value is -0.870. The van der Waals surface area contributed by atoms with E-state index in [1.54, 1.807) is 6.07 Å². The molecule has 0 amide bonds. The Balaban J connectivity index is 2.04. The first-order chi connectivity index (χ1) is 7.00. The molecule has 0 saturated heterocycles. The van der Waals surface area contributed by atoms with E-state index in [0.29, 0.717) is 10.4 Å². The molecule has 1 heterocycles. The lowest BCUT2D eigenvalue weighted by Gasteiger charge is -2.10. The highest BCUT2D eigenvalue weighted by atomic mass is 32.1. The first kappa shape index (κ1) is 10.6. The zero-order valence-electron chi connectivity index (χ0n) is 8.96. The van der Waals surface area contributed by atoms with Gasteiger partial charge in [-0.15, -0.1) is 11.3 Å². The fraction of sp³-hybridized carbons (Fsp3) is 0.545. The lowest BCUT2D eigenvalue weighted by Crippen LogP contribution is -2.26. The minimum atomic E-state index is -0.827. The van der Waals surface area contributed by atoms with Gasteiger partial charge >= 0.3 is 5.97 Å². The first-order valence-electron chi connectivity index (χ1n) is 5.08. The summed E-state index contributed by atoms with van der Waals surface area (Å²) in [4.78, 5) is 12.3. The summed E-state index contributed by atoms with van der Waals surface area (Å²) < 4.78 is 0. The molecule has 0 spiro atoms. The number of thiophene rings is 1. The topological polar surface area (TPSA) is 49.3 Å². The molecule has 1 fully saturated rings. The van der Waals surface area contributed by atoms with Crippen molar-refractivity contribution in [3.63, 3.8) is 0 Å². The molecular weight excluding hydrogens is 210 g/mol. The summed E-state index contributed by atoms with van der Waals surface area (Å²) in [6, 6.07) is 1.78. The molecule has 1 aliphatic carbocycles. The second-order valence-corrected chi connectivity index (χ2v) is 5.67. The predicted octanol–water partition coefficient (Wildman–Crippen LogP) is 2.40. The summed E-state index contributed by atoms with van der Waals surface area (Å²) in [6.45, 7) is 4.96. The Kier molecular flexibility index (Phi) is 2.56. The van der Waals surface area contributed by atoms with Crippen molar-refractivity contribution in [2.45, 2.75) is 38.8 Å². The van der Waals surface area contributed by atoms with Gasteiger partial charge < -0.3 is 10.4 Å². The number of hydrogen-bond donors (Lipinski definition) is 2. The molecule has 1 aromatic heterocycles. The van der Waals surface area contributed by atoms with E-state index in [4.69, 9.17) is 5.11 Å².